The zero-order valence-electron chi connectivity index (χ0n) is 13.6. The number of hydrogen-bond acceptors (Lipinski definition) is 6. The second kappa shape index (κ2) is 8.02. The maximum Gasteiger partial charge on any atom is 0.338 e. The summed E-state index contributed by atoms with van der Waals surface area (Å²) >= 11 is 0. The molecule has 0 saturated heterocycles. The summed E-state index contributed by atoms with van der Waals surface area (Å²) < 4.78 is 9.78. The molecule has 0 fully saturated rings. The third-order valence-electron chi connectivity index (χ3n) is 3.39. The van der Waals surface area contributed by atoms with Crippen LogP contribution in [-0.4, -0.2) is 31.0 Å². The molecule has 0 spiro atoms. The first kappa shape index (κ1) is 18.1. The molecule has 0 aliphatic heterocycles. The lowest BCUT2D eigenvalue weighted by molar-refractivity contribution is -0.384. The van der Waals surface area contributed by atoms with Crippen LogP contribution in [0.1, 0.15) is 22.0 Å². The van der Waals surface area contributed by atoms with Crippen LogP contribution in [0.4, 0.5) is 11.4 Å². The van der Waals surface area contributed by atoms with Crippen LogP contribution >= 0.6 is 0 Å². The summed E-state index contributed by atoms with van der Waals surface area (Å²) in [5, 5.41) is 13.6. The highest BCUT2D eigenvalue weighted by Crippen LogP contribution is 2.24. The highest BCUT2D eigenvalue weighted by atomic mass is 16.6. The molecule has 8 nitrogen and oxygen atoms in total. The number of nitro benzene ring substituents is 1. The van der Waals surface area contributed by atoms with E-state index in [2.05, 4.69) is 10.1 Å². The number of non-ortho nitro benzene ring substituents is 1. The van der Waals surface area contributed by atoms with E-state index in [4.69, 9.17) is 4.74 Å². The van der Waals surface area contributed by atoms with Crippen LogP contribution in [-0.2, 0) is 14.3 Å². The number of methoxy groups -OCH3 is 2. The number of nitrogens with one attached hydrogen (secondary N) is 1. The normalized spacial score (nSPS) is 11.4. The second-order valence-corrected chi connectivity index (χ2v) is 5.03. The summed E-state index contributed by atoms with van der Waals surface area (Å²) in [5.41, 5.74) is 0.339. The average molecular weight is 344 g/mol. The highest BCUT2D eigenvalue weighted by Gasteiger charge is 2.22. The summed E-state index contributed by atoms with van der Waals surface area (Å²) in [5.74, 6) is -1.27. The van der Waals surface area contributed by atoms with E-state index in [-0.39, 0.29) is 16.9 Å². The predicted octanol–water partition coefficient (Wildman–Crippen LogP) is 2.71. The smallest absolute Gasteiger partial charge is 0.338 e. The summed E-state index contributed by atoms with van der Waals surface area (Å²) in [6.07, 6.45) is -0.901. The molecule has 0 aliphatic rings. The fourth-order valence-electron chi connectivity index (χ4n) is 2.25. The number of benzene rings is 2. The Morgan fingerprint density at radius 2 is 1.80 bits per heavy atom. The highest BCUT2D eigenvalue weighted by molar-refractivity contribution is 5.97. The minimum absolute atomic E-state index is 0.0410. The first-order valence-electron chi connectivity index (χ1n) is 7.22. The lowest BCUT2D eigenvalue weighted by Crippen LogP contribution is -2.22. The number of hydrogen-bond donors (Lipinski definition) is 1. The van der Waals surface area contributed by atoms with Crippen LogP contribution in [0, 0.1) is 10.1 Å². The Bertz CT molecular complexity index is 791. The van der Waals surface area contributed by atoms with Gasteiger partial charge in [0.1, 0.15) is 0 Å². The van der Waals surface area contributed by atoms with E-state index in [1.807, 2.05) is 0 Å². The molecule has 1 N–H and O–H groups in total. The number of amides is 1. The van der Waals surface area contributed by atoms with Gasteiger partial charge in [-0.05, 0) is 11.6 Å². The van der Waals surface area contributed by atoms with Gasteiger partial charge in [0.25, 0.3) is 11.6 Å². The molecule has 25 heavy (non-hydrogen) atoms. The zero-order valence-corrected chi connectivity index (χ0v) is 13.6. The number of anilines is 1. The number of ether oxygens (including phenoxy) is 2. The van der Waals surface area contributed by atoms with Gasteiger partial charge in [-0.25, -0.2) is 4.79 Å². The van der Waals surface area contributed by atoms with Crippen LogP contribution < -0.4 is 5.32 Å². The molecular formula is C17H16N2O6. The molecule has 0 radical (unpaired) electrons. The van der Waals surface area contributed by atoms with E-state index in [0.29, 0.717) is 5.56 Å². The third-order valence-corrected chi connectivity index (χ3v) is 3.39. The Labute approximate surface area is 143 Å². The largest absolute Gasteiger partial charge is 0.465 e. The molecule has 0 heterocycles. The van der Waals surface area contributed by atoms with Gasteiger partial charge >= 0.3 is 5.97 Å². The Kier molecular flexibility index (Phi) is 5.80. The molecule has 2 rings (SSSR count). The first-order chi connectivity index (χ1) is 12.0. The summed E-state index contributed by atoms with van der Waals surface area (Å²) in [6.45, 7) is 0. The zero-order chi connectivity index (χ0) is 18.4. The number of esters is 1. The topological polar surface area (TPSA) is 108 Å². The van der Waals surface area contributed by atoms with Gasteiger partial charge in [-0.2, -0.15) is 0 Å². The minimum atomic E-state index is -0.901. The quantitative estimate of drug-likeness (QED) is 0.490. The first-order valence-corrected chi connectivity index (χ1v) is 7.22. The molecular weight excluding hydrogens is 328 g/mol. The van der Waals surface area contributed by atoms with Gasteiger partial charge in [-0.3, -0.25) is 14.9 Å². The molecule has 2 aromatic rings. The molecule has 0 bridgehead atoms. The Balaban J connectivity index is 2.31. The molecule has 0 saturated carbocycles. The van der Waals surface area contributed by atoms with E-state index in [1.54, 1.807) is 30.3 Å². The van der Waals surface area contributed by atoms with Crippen molar-refractivity contribution in [2.75, 3.05) is 19.5 Å². The molecule has 0 aromatic heterocycles. The van der Waals surface area contributed by atoms with Gasteiger partial charge in [0.15, 0.2) is 6.10 Å². The number of nitrogens with zero attached hydrogens (tertiary/aromatic N) is 1. The lowest BCUT2D eigenvalue weighted by atomic mass is 10.1. The molecule has 1 unspecified atom stereocenters. The molecule has 1 atom stereocenters. The fourth-order valence-corrected chi connectivity index (χ4v) is 2.25. The molecule has 130 valence electrons. The molecule has 0 aliphatic carbocycles. The van der Waals surface area contributed by atoms with Crippen molar-refractivity contribution < 1.29 is 24.0 Å². The van der Waals surface area contributed by atoms with Gasteiger partial charge in [0.05, 0.1) is 17.6 Å². The standard InChI is InChI=1S/C17H16N2O6/c1-24-15(11-6-4-3-5-7-11)16(20)18-13-8-12(17(21)25-2)9-14(10-13)19(22)23/h3-10,15H,1-2H3,(H,18,20). The monoisotopic (exact) mass is 344 g/mol. The van der Waals surface area contributed by atoms with Crippen molar-refractivity contribution >= 4 is 23.3 Å². The van der Waals surface area contributed by atoms with E-state index in [9.17, 15) is 19.7 Å². The molecule has 2 aromatic carbocycles. The van der Waals surface area contributed by atoms with Crippen LogP contribution in [0.5, 0.6) is 0 Å². The molecule has 1 amide bonds. The van der Waals surface area contributed by atoms with Gasteiger partial charge in [-0.15, -0.1) is 0 Å². The second-order valence-electron chi connectivity index (χ2n) is 5.03. The van der Waals surface area contributed by atoms with Gasteiger partial charge < -0.3 is 14.8 Å². The SMILES string of the molecule is COC(=O)c1cc(NC(=O)C(OC)c2ccccc2)cc([N+](=O)[O-])c1. The Morgan fingerprint density at radius 1 is 1.12 bits per heavy atom. The van der Waals surface area contributed by atoms with Crippen molar-refractivity contribution in [3.8, 4) is 0 Å². The van der Waals surface area contributed by atoms with Crippen molar-refractivity contribution in [1.82, 2.24) is 0 Å². The Hall–Kier alpha value is -3.26. The van der Waals surface area contributed by atoms with E-state index >= 15 is 0 Å². The number of carbonyl (C=O) groups is 2. The predicted molar refractivity (Wildman–Crippen MR) is 89.3 cm³/mol. The van der Waals surface area contributed by atoms with Crippen molar-refractivity contribution in [2.45, 2.75) is 6.10 Å². The van der Waals surface area contributed by atoms with E-state index in [0.717, 1.165) is 19.2 Å². The Morgan fingerprint density at radius 3 is 2.36 bits per heavy atom. The van der Waals surface area contributed by atoms with Crippen LogP contribution in [0.3, 0.4) is 0 Å². The lowest BCUT2D eigenvalue weighted by Gasteiger charge is -2.16. The maximum absolute atomic E-state index is 12.5. The van der Waals surface area contributed by atoms with Gasteiger partial charge in [-0.1, -0.05) is 30.3 Å². The van der Waals surface area contributed by atoms with Gasteiger partial charge in [0, 0.05) is 24.9 Å². The van der Waals surface area contributed by atoms with Gasteiger partial charge in [0.2, 0.25) is 0 Å². The van der Waals surface area contributed by atoms with Crippen molar-refractivity contribution in [1.29, 1.82) is 0 Å². The van der Waals surface area contributed by atoms with Crippen LogP contribution in [0.25, 0.3) is 0 Å². The van der Waals surface area contributed by atoms with Crippen molar-refractivity contribution in [3.63, 3.8) is 0 Å². The van der Waals surface area contributed by atoms with Crippen LogP contribution in [0.15, 0.2) is 48.5 Å². The number of nitro groups is 1. The van der Waals surface area contributed by atoms with E-state index < -0.39 is 22.9 Å². The summed E-state index contributed by atoms with van der Waals surface area (Å²) in [6, 6.07) is 12.3. The number of rotatable bonds is 6. The average Bonchev–Trinajstić information content (AvgIpc) is 2.62. The fraction of sp³-hybridized carbons (Fsp3) is 0.176. The molecule has 8 heteroatoms. The summed E-state index contributed by atoms with van der Waals surface area (Å²) in [7, 11) is 2.54. The minimum Gasteiger partial charge on any atom is -0.465 e. The number of carbonyl (C=O) groups excluding carboxylic acids is 2. The van der Waals surface area contributed by atoms with E-state index in [1.165, 1.54) is 13.2 Å². The third kappa shape index (κ3) is 4.39. The van der Waals surface area contributed by atoms with Crippen molar-refractivity contribution in [2.24, 2.45) is 0 Å². The van der Waals surface area contributed by atoms with Crippen molar-refractivity contribution in [3.05, 3.63) is 69.8 Å². The van der Waals surface area contributed by atoms with Crippen LogP contribution in [0.2, 0.25) is 0 Å². The maximum atomic E-state index is 12.5. The summed E-state index contributed by atoms with van der Waals surface area (Å²) in [4.78, 5) is 34.5.